The molecule has 0 radical (unpaired) electrons. The second kappa shape index (κ2) is 10.4. The first-order valence-electron chi connectivity index (χ1n) is 10.2. The summed E-state index contributed by atoms with van der Waals surface area (Å²) in [6, 6.07) is 9.65. The fraction of sp³-hybridized carbons (Fsp3) is 0.318. The van der Waals surface area contributed by atoms with E-state index in [2.05, 4.69) is 16.0 Å². The highest BCUT2D eigenvalue weighted by Gasteiger charge is 2.39. The van der Waals surface area contributed by atoms with Crippen LogP contribution in [0.1, 0.15) is 19.4 Å². The number of carbonyl (C=O) groups is 3. The summed E-state index contributed by atoms with van der Waals surface area (Å²) in [6.45, 7) is 3.22. The van der Waals surface area contributed by atoms with E-state index in [1.54, 1.807) is 44.2 Å². The molecular formula is C22H25ClFN5O4. The second-order valence-electron chi connectivity index (χ2n) is 7.60. The number of carbonyl (C=O) groups excluding carboxylic acids is 3. The summed E-state index contributed by atoms with van der Waals surface area (Å²) in [4.78, 5) is 39.7. The van der Waals surface area contributed by atoms with Gasteiger partial charge in [-0.1, -0.05) is 23.7 Å². The van der Waals surface area contributed by atoms with Crippen molar-refractivity contribution >= 4 is 35.3 Å². The lowest BCUT2D eigenvalue weighted by molar-refractivity contribution is -0.121. The summed E-state index contributed by atoms with van der Waals surface area (Å²) in [5.74, 6) is -0.999. The largest absolute Gasteiger partial charge is 0.488 e. The third-order valence-electron chi connectivity index (χ3n) is 4.74. The van der Waals surface area contributed by atoms with Crippen LogP contribution in [0, 0.1) is 5.82 Å². The molecule has 3 N–H and O–H groups in total. The van der Waals surface area contributed by atoms with Crippen LogP contribution in [0.3, 0.4) is 0 Å². The molecule has 0 spiro atoms. The Morgan fingerprint density at radius 1 is 1.21 bits per heavy atom. The van der Waals surface area contributed by atoms with Crippen molar-refractivity contribution in [1.82, 2.24) is 20.4 Å². The smallest absolute Gasteiger partial charge is 0.332 e. The molecule has 1 saturated heterocycles. The summed E-state index contributed by atoms with van der Waals surface area (Å²) in [6.07, 6.45) is -1.20. The first kappa shape index (κ1) is 24.1. The molecule has 0 aromatic heterocycles. The highest BCUT2D eigenvalue weighted by atomic mass is 35.5. The lowest BCUT2D eigenvalue weighted by atomic mass is 10.2. The van der Waals surface area contributed by atoms with Crippen LogP contribution in [0.5, 0.6) is 5.75 Å². The van der Waals surface area contributed by atoms with E-state index in [0.29, 0.717) is 10.7 Å². The number of benzene rings is 2. The van der Waals surface area contributed by atoms with E-state index in [4.69, 9.17) is 16.3 Å². The number of likely N-dealkylation sites (N-methyl/N-ethyl adjacent to an activating group) is 1. The quantitative estimate of drug-likeness (QED) is 0.541. The normalized spacial score (nSPS) is 16.0. The van der Waals surface area contributed by atoms with Gasteiger partial charge in [-0.2, -0.15) is 0 Å². The van der Waals surface area contributed by atoms with Crippen LogP contribution in [0.25, 0.3) is 0 Å². The van der Waals surface area contributed by atoms with Gasteiger partial charge in [0.15, 0.2) is 17.9 Å². The van der Waals surface area contributed by atoms with Crippen LogP contribution >= 0.6 is 11.6 Å². The van der Waals surface area contributed by atoms with Crippen LogP contribution in [0.15, 0.2) is 42.5 Å². The fourth-order valence-corrected chi connectivity index (χ4v) is 3.27. The Hall–Kier alpha value is -3.53. The molecule has 1 atom stereocenters. The predicted molar refractivity (Wildman–Crippen MR) is 121 cm³/mol. The van der Waals surface area contributed by atoms with Crippen molar-refractivity contribution < 1.29 is 23.5 Å². The van der Waals surface area contributed by atoms with Gasteiger partial charge in [-0.25, -0.2) is 18.9 Å². The topological polar surface area (TPSA) is 103 Å². The third-order valence-corrected chi connectivity index (χ3v) is 4.99. The maximum Gasteiger partial charge on any atom is 0.332 e. The molecule has 1 aliphatic heterocycles. The number of nitrogens with one attached hydrogen (secondary N) is 3. The summed E-state index contributed by atoms with van der Waals surface area (Å²) in [5, 5.41) is 8.52. The first-order valence-corrected chi connectivity index (χ1v) is 10.6. The molecule has 0 saturated carbocycles. The molecule has 1 unspecified atom stereocenters. The zero-order valence-corrected chi connectivity index (χ0v) is 19.1. The number of urea groups is 2. The molecule has 33 heavy (non-hydrogen) atoms. The van der Waals surface area contributed by atoms with Crippen LogP contribution in [0.2, 0.25) is 5.02 Å². The number of hydrogen-bond donors (Lipinski definition) is 3. The molecule has 1 fully saturated rings. The highest BCUT2D eigenvalue weighted by molar-refractivity contribution is 6.30. The number of hydrogen-bond acceptors (Lipinski definition) is 5. The van der Waals surface area contributed by atoms with Gasteiger partial charge in [-0.05, 0) is 43.7 Å². The van der Waals surface area contributed by atoms with Gasteiger partial charge in [0.05, 0.1) is 12.6 Å². The molecule has 1 heterocycles. The van der Waals surface area contributed by atoms with Gasteiger partial charge in [0.25, 0.3) is 0 Å². The van der Waals surface area contributed by atoms with Gasteiger partial charge in [0.2, 0.25) is 5.91 Å². The van der Waals surface area contributed by atoms with Crippen molar-refractivity contribution in [3.63, 3.8) is 0 Å². The van der Waals surface area contributed by atoms with Gasteiger partial charge in [0.1, 0.15) is 6.54 Å². The number of halogens is 2. The Balaban J connectivity index is 1.86. The second-order valence-corrected chi connectivity index (χ2v) is 8.04. The minimum Gasteiger partial charge on any atom is -0.488 e. The van der Waals surface area contributed by atoms with Crippen molar-refractivity contribution in [2.24, 2.45) is 0 Å². The minimum atomic E-state index is -1.00. The molecule has 0 bridgehead atoms. The summed E-state index contributed by atoms with van der Waals surface area (Å²) < 4.78 is 19.8. The van der Waals surface area contributed by atoms with Gasteiger partial charge < -0.3 is 15.4 Å². The molecule has 2 aromatic rings. The SMILES string of the molecule is CNC(=O)CN1C(=O)NC(Nc2ccc(OC(C)C)c(F)c2)N(Cc2ccc(Cl)cc2)C1=O. The van der Waals surface area contributed by atoms with Crippen molar-refractivity contribution in [3.05, 3.63) is 58.9 Å². The number of ether oxygens (including phenoxy) is 1. The lowest BCUT2D eigenvalue weighted by Gasteiger charge is -2.41. The molecule has 0 aliphatic carbocycles. The number of amides is 5. The Morgan fingerprint density at radius 3 is 2.52 bits per heavy atom. The molecule has 176 valence electrons. The Bertz CT molecular complexity index is 1030. The summed E-state index contributed by atoms with van der Waals surface area (Å²) in [5.41, 5.74) is 1.06. The monoisotopic (exact) mass is 477 g/mol. The van der Waals surface area contributed by atoms with Crippen LogP contribution in [0.4, 0.5) is 19.7 Å². The number of nitrogens with zero attached hydrogens (tertiary/aromatic N) is 2. The average molecular weight is 478 g/mol. The third kappa shape index (κ3) is 6.04. The Kier molecular flexibility index (Phi) is 7.59. The first-order chi connectivity index (χ1) is 15.7. The molecule has 1 aliphatic rings. The number of imide groups is 1. The summed E-state index contributed by atoms with van der Waals surface area (Å²) in [7, 11) is 1.41. The summed E-state index contributed by atoms with van der Waals surface area (Å²) >= 11 is 5.95. The molecule has 2 aromatic carbocycles. The molecular weight excluding hydrogens is 453 g/mol. The number of rotatable bonds is 8. The Morgan fingerprint density at radius 2 is 1.91 bits per heavy atom. The number of anilines is 1. The average Bonchev–Trinajstić information content (AvgIpc) is 2.76. The zero-order valence-electron chi connectivity index (χ0n) is 18.4. The Labute approximate surface area is 195 Å². The molecule has 11 heteroatoms. The molecule has 3 rings (SSSR count). The van der Waals surface area contributed by atoms with Crippen molar-refractivity contribution in [1.29, 1.82) is 0 Å². The van der Waals surface area contributed by atoms with E-state index in [1.807, 2.05) is 0 Å². The zero-order chi connectivity index (χ0) is 24.1. The van der Waals surface area contributed by atoms with E-state index in [0.717, 1.165) is 10.5 Å². The van der Waals surface area contributed by atoms with Gasteiger partial charge in [0, 0.05) is 23.8 Å². The van der Waals surface area contributed by atoms with Crippen LogP contribution in [-0.4, -0.2) is 53.8 Å². The van der Waals surface area contributed by atoms with Crippen LogP contribution in [-0.2, 0) is 11.3 Å². The molecule has 9 nitrogen and oxygen atoms in total. The molecule has 5 amide bonds. The maximum atomic E-state index is 14.4. The van der Waals surface area contributed by atoms with Gasteiger partial charge in [-0.3, -0.25) is 15.0 Å². The minimum absolute atomic E-state index is 0.0917. The van der Waals surface area contributed by atoms with E-state index in [1.165, 1.54) is 24.1 Å². The van der Waals surface area contributed by atoms with E-state index in [9.17, 15) is 18.8 Å². The van der Waals surface area contributed by atoms with Crippen molar-refractivity contribution in [2.45, 2.75) is 32.8 Å². The highest BCUT2D eigenvalue weighted by Crippen LogP contribution is 2.24. The standard InChI is InChI=1S/C22H25ClFN5O4/c1-13(2)33-18-9-8-16(10-17(18)24)26-20-27-21(31)29(12-19(30)25-3)22(32)28(20)11-14-4-6-15(23)7-5-14/h4-10,13,20,26H,11-12H2,1-3H3,(H,25,30)(H,27,31). The van der Waals surface area contributed by atoms with Gasteiger partial charge in [-0.15, -0.1) is 0 Å². The van der Waals surface area contributed by atoms with E-state index >= 15 is 0 Å². The van der Waals surface area contributed by atoms with Crippen molar-refractivity contribution in [3.8, 4) is 5.75 Å². The van der Waals surface area contributed by atoms with Crippen molar-refractivity contribution in [2.75, 3.05) is 18.9 Å². The maximum absolute atomic E-state index is 14.4. The predicted octanol–water partition coefficient (Wildman–Crippen LogP) is 3.36. The fourth-order valence-electron chi connectivity index (χ4n) is 3.14. The van der Waals surface area contributed by atoms with Crippen LogP contribution < -0.4 is 20.7 Å². The van der Waals surface area contributed by atoms with E-state index in [-0.39, 0.29) is 18.4 Å². The lowest BCUT2D eigenvalue weighted by Crippen LogP contribution is -2.67. The van der Waals surface area contributed by atoms with Gasteiger partial charge >= 0.3 is 12.1 Å². The van der Waals surface area contributed by atoms with E-state index < -0.39 is 36.6 Å².